The van der Waals surface area contributed by atoms with Gasteiger partial charge in [0.25, 0.3) is 10.0 Å². The van der Waals surface area contributed by atoms with Crippen molar-refractivity contribution < 1.29 is 16.8 Å². The summed E-state index contributed by atoms with van der Waals surface area (Å²) in [6.07, 6.45) is 5.03. The van der Waals surface area contributed by atoms with Crippen LogP contribution in [0.5, 0.6) is 0 Å². The highest BCUT2D eigenvalue weighted by atomic mass is 32.2. The number of aromatic nitrogens is 4. The van der Waals surface area contributed by atoms with Crippen molar-refractivity contribution >= 4 is 36.6 Å². The van der Waals surface area contributed by atoms with Gasteiger partial charge in [-0.25, -0.2) is 25.8 Å². The second-order valence-corrected chi connectivity index (χ2v) is 15.1. The molecule has 9 nitrogen and oxygen atoms in total. The maximum Gasteiger partial charge on any atom is 0.269 e. The zero-order valence-corrected chi connectivity index (χ0v) is 24.9. The molecule has 0 amide bonds. The number of nitrogens with zero attached hydrogens (tertiary/aromatic N) is 5. The molecule has 0 radical (unpaired) electrons. The molecule has 5 aromatic rings. The molecule has 4 heterocycles. The van der Waals surface area contributed by atoms with Gasteiger partial charge in [-0.1, -0.05) is 29.8 Å². The molecule has 0 spiro atoms. The molecule has 41 heavy (non-hydrogen) atoms. The molecule has 1 aliphatic rings. The Bertz CT molecular complexity index is 1970. The monoisotopic (exact) mass is 589 g/mol. The summed E-state index contributed by atoms with van der Waals surface area (Å²) < 4.78 is 55.4. The molecule has 0 saturated heterocycles. The molecular formula is C30H31N5O4S2. The van der Waals surface area contributed by atoms with Gasteiger partial charge in [0.1, 0.15) is 0 Å². The average molecular weight is 590 g/mol. The Balaban J connectivity index is 1.37. The lowest BCUT2D eigenvalue weighted by molar-refractivity contribution is 0.440. The van der Waals surface area contributed by atoms with Crippen LogP contribution in [0, 0.1) is 6.92 Å². The Morgan fingerprint density at radius 2 is 1.59 bits per heavy atom. The molecule has 3 aromatic heterocycles. The predicted molar refractivity (Wildman–Crippen MR) is 159 cm³/mol. The maximum atomic E-state index is 13.5. The number of hydrogen-bond acceptors (Lipinski definition) is 7. The number of anilines is 1. The fourth-order valence-electron chi connectivity index (χ4n) is 5.33. The lowest BCUT2D eigenvalue weighted by atomic mass is 10.0. The van der Waals surface area contributed by atoms with Crippen molar-refractivity contribution in [3.05, 3.63) is 90.5 Å². The van der Waals surface area contributed by atoms with E-state index >= 15 is 0 Å². The van der Waals surface area contributed by atoms with Gasteiger partial charge in [-0.3, -0.25) is 4.68 Å². The number of sulfone groups is 1. The second-order valence-electron chi connectivity index (χ2n) is 10.8. The molecule has 212 valence electrons. The number of aryl methyl sites for hydroxylation is 1. The molecular weight excluding hydrogens is 558 g/mol. The summed E-state index contributed by atoms with van der Waals surface area (Å²) in [5.74, 6) is 0. The summed E-state index contributed by atoms with van der Waals surface area (Å²) in [6.45, 7) is 8.56. The van der Waals surface area contributed by atoms with Crippen molar-refractivity contribution in [2.45, 2.75) is 61.9 Å². The molecule has 0 bridgehead atoms. The predicted octanol–water partition coefficient (Wildman–Crippen LogP) is 5.04. The van der Waals surface area contributed by atoms with E-state index in [1.807, 2.05) is 36.0 Å². The first-order chi connectivity index (χ1) is 19.5. The number of pyridine rings is 1. The minimum atomic E-state index is -3.82. The smallest absolute Gasteiger partial charge is 0.269 e. The van der Waals surface area contributed by atoms with Crippen LogP contribution in [0.4, 0.5) is 5.69 Å². The van der Waals surface area contributed by atoms with Gasteiger partial charge < -0.3 is 4.90 Å². The van der Waals surface area contributed by atoms with Gasteiger partial charge in [0.05, 0.1) is 40.0 Å². The van der Waals surface area contributed by atoms with Gasteiger partial charge in [0.15, 0.2) is 15.5 Å². The van der Waals surface area contributed by atoms with Crippen molar-refractivity contribution in [3.63, 3.8) is 0 Å². The molecule has 0 unspecified atom stereocenters. The van der Waals surface area contributed by atoms with E-state index < -0.39 is 25.1 Å². The Kier molecular flexibility index (Phi) is 6.54. The first-order valence-electron chi connectivity index (χ1n) is 13.4. The molecule has 0 fully saturated rings. The van der Waals surface area contributed by atoms with E-state index in [9.17, 15) is 16.8 Å². The van der Waals surface area contributed by atoms with E-state index in [0.29, 0.717) is 23.6 Å². The van der Waals surface area contributed by atoms with E-state index in [0.717, 1.165) is 33.5 Å². The van der Waals surface area contributed by atoms with Gasteiger partial charge in [0.2, 0.25) is 0 Å². The standard InChI is InChI=1S/C30H31N5O4S2/c1-20(2)40(36,37)24-11-7-23(8-12-24)27-17-32-34-18-22(4)33(19-29(27)34)28-13-15-31-30-26(28)14-16-35(30)41(38,39)25-9-5-21(3)6-10-25/h5-17,20,22H,18-19H2,1-4H3/t22-/m1/s1. The van der Waals surface area contributed by atoms with E-state index in [4.69, 9.17) is 0 Å². The fourth-order valence-corrected chi connectivity index (χ4v) is 7.69. The number of benzene rings is 2. The third kappa shape index (κ3) is 4.53. The van der Waals surface area contributed by atoms with Crippen molar-refractivity contribution in [1.29, 1.82) is 0 Å². The lowest BCUT2D eigenvalue weighted by Gasteiger charge is -2.36. The molecule has 11 heteroatoms. The van der Waals surface area contributed by atoms with Crippen LogP contribution in [0.2, 0.25) is 0 Å². The summed E-state index contributed by atoms with van der Waals surface area (Å²) in [5, 5.41) is 4.87. The zero-order chi connectivity index (χ0) is 29.1. The molecule has 0 N–H and O–H groups in total. The Morgan fingerprint density at radius 3 is 2.27 bits per heavy atom. The van der Waals surface area contributed by atoms with Gasteiger partial charge >= 0.3 is 0 Å². The Hall–Kier alpha value is -3.96. The normalized spacial score (nSPS) is 15.9. The number of hydrogen-bond donors (Lipinski definition) is 0. The molecule has 2 aromatic carbocycles. The van der Waals surface area contributed by atoms with Crippen LogP contribution in [0.25, 0.3) is 22.2 Å². The second kappa shape index (κ2) is 9.85. The number of rotatable bonds is 6. The Labute approximate surface area is 240 Å². The van der Waals surface area contributed by atoms with Crippen molar-refractivity contribution in [1.82, 2.24) is 18.7 Å². The highest BCUT2D eigenvalue weighted by Crippen LogP contribution is 2.36. The quantitative estimate of drug-likeness (QED) is 0.273. The molecule has 1 aliphatic heterocycles. The minimum Gasteiger partial charge on any atom is -0.360 e. The molecule has 6 rings (SSSR count). The van der Waals surface area contributed by atoms with Crippen molar-refractivity contribution in [2.24, 2.45) is 0 Å². The van der Waals surface area contributed by atoms with Gasteiger partial charge in [-0.15, -0.1) is 0 Å². The largest absolute Gasteiger partial charge is 0.360 e. The fraction of sp³-hybridized carbons (Fsp3) is 0.267. The van der Waals surface area contributed by atoms with Crippen LogP contribution in [0.3, 0.4) is 0 Å². The highest BCUT2D eigenvalue weighted by Gasteiger charge is 2.29. The summed E-state index contributed by atoms with van der Waals surface area (Å²) in [5.41, 5.74) is 5.06. The third-order valence-corrected chi connectivity index (χ3v) is 11.6. The van der Waals surface area contributed by atoms with Gasteiger partial charge in [0, 0.05) is 35.1 Å². The first kappa shape index (κ1) is 27.2. The van der Waals surface area contributed by atoms with Crippen molar-refractivity contribution in [2.75, 3.05) is 4.90 Å². The molecule has 0 aliphatic carbocycles. The van der Waals surface area contributed by atoms with Crippen LogP contribution < -0.4 is 4.90 Å². The Morgan fingerprint density at radius 1 is 0.902 bits per heavy atom. The van der Waals surface area contributed by atoms with Crippen LogP contribution in [0.1, 0.15) is 32.0 Å². The summed E-state index contributed by atoms with van der Waals surface area (Å²) >= 11 is 0. The summed E-state index contributed by atoms with van der Waals surface area (Å²) in [7, 11) is -7.18. The first-order valence-corrected chi connectivity index (χ1v) is 16.4. The highest BCUT2D eigenvalue weighted by molar-refractivity contribution is 7.92. The molecule has 0 saturated carbocycles. The van der Waals surface area contributed by atoms with Gasteiger partial charge in [-0.05, 0) is 69.7 Å². The van der Waals surface area contributed by atoms with Crippen LogP contribution in [0.15, 0.2) is 89.0 Å². The van der Waals surface area contributed by atoms with E-state index in [1.54, 1.807) is 68.7 Å². The van der Waals surface area contributed by atoms with Crippen LogP contribution in [-0.4, -0.2) is 46.9 Å². The zero-order valence-electron chi connectivity index (χ0n) is 23.3. The maximum absolute atomic E-state index is 13.5. The molecule has 1 atom stereocenters. The lowest BCUT2D eigenvalue weighted by Crippen LogP contribution is -2.41. The van der Waals surface area contributed by atoms with Gasteiger partial charge in [-0.2, -0.15) is 5.10 Å². The van der Waals surface area contributed by atoms with E-state index in [2.05, 4.69) is 21.9 Å². The topological polar surface area (TPSA) is 107 Å². The SMILES string of the molecule is Cc1ccc(S(=O)(=O)n2ccc3c(N4Cc5c(-c6ccc(S(=O)(=O)C(C)C)cc6)cnn5C[C@H]4C)ccnc32)cc1. The minimum absolute atomic E-state index is 0.0801. The van der Waals surface area contributed by atoms with E-state index in [-0.39, 0.29) is 10.9 Å². The number of fused-ring (bicyclic) bond motifs is 2. The average Bonchev–Trinajstić information content (AvgIpc) is 3.57. The summed E-state index contributed by atoms with van der Waals surface area (Å²) in [4.78, 5) is 7.21. The van der Waals surface area contributed by atoms with Crippen LogP contribution >= 0.6 is 0 Å². The van der Waals surface area contributed by atoms with Crippen LogP contribution in [-0.2, 0) is 33.0 Å². The van der Waals surface area contributed by atoms with E-state index in [1.165, 1.54) is 3.97 Å². The van der Waals surface area contributed by atoms with Crippen molar-refractivity contribution in [3.8, 4) is 11.1 Å². The third-order valence-electron chi connectivity index (χ3n) is 7.77. The summed E-state index contributed by atoms with van der Waals surface area (Å²) in [6, 6.07) is 17.6.